The highest BCUT2D eigenvalue weighted by Gasteiger charge is 2.30. The fourth-order valence-corrected chi connectivity index (χ4v) is 9.18. The van der Waals surface area contributed by atoms with Gasteiger partial charge in [-0.15, -0.1) is 0 Å². The summed E-state index contributed by atoms with van der Waals surface area (Å²) in [5, 5.41) is 2.35. The molecule has 0 aliphatic carbocycles. The molecule has 0 saturated heterocycles. The Hall–Kier alpha value is -7.11. The van der Waals surface area contributed by atoms with Gasteiger partial charge in [-0.1, -0.05) is 147 Å². The average molecular weight is 851 g/mol. The van der Waals surface area contributed by atoms with Gasteiger partial charge in [0.25, 0.3) is 0 Å². The molecular weight excluding hydrogens is 793 g/mol. The summed E-state index contributed by atoms with van der Waals surface area (Å²) < 4.78 is 9.25. The molecule has 2 aromatic heterocycles. The van der Waals surface area contributed by atoms with Gasteiger partial charge < -0.3 is 14.5 Å². The lowest BCUT2D eigenvalue weighted by Gasteiger charge is -2.26. The number of ether oxygens (including phenoxy) is 1. The zero-order chi connectivity index (χ0) is 45.3. The number of hydrogen-bond donors (Lipinski definition) is 0. The van der Waals surface area contributed by atoms with Crippen LogP contribution < -0.4 is 14.5 Å². The summed E-state index contributed by atoms with van der Waals surface area (Å²) in [6, 6.07) is 61.8. The fourth-order valence-electron chi connectivity index (χ4n) is 9.18. The van der Waals surface area contributed by atoms with Gasteiger partial charge in [-0.05, 0) is 128 Å². The van der Waals surface area contributed by atoms with Crippen LogP contribution in [0.2, 0.25) is 0 Å². The third-order valence-electron chi connectivity index (χ3n) is 13.0. The predicted molar refractivity (Wildman–Crippen MR) is 274 cm³/mol. The molecule has 3 heterocycles. The standard InChI is InChI=1S/C60H58N4O/c1-58(2,3)44-25-23-41(24-26-44)43-31-42(40-17-11-10-12-18-40)32-47(33-43)62-39-63(55-22-16-15-21-54(55)62)48-34-46(60(7,8)9)35-50(37-48)65-49-27-28-52-51-19-13-14-20-53(51)64(56(52)38-49)57-36-45(29-30-61-57)59(4,5)6/h10-38H,39H2,1-9H3. The first-order chi connectivity index (χ1) is 31.1. The number of benzene rings is 7. The second-order valence-corrected chi connectivity index (χ2v) is 20.7. The minimum absolute atomic E-state index is 0.0125. The second kappa shape index (κ2) is 15.8. The molecule has 1 aliphatic heterocycles. The predicted octanol–water partition coefficient (Wildman–Crippen LogP) is 16.4. The Labute approximate surface area is 384 Å². The van der Waals surface area contributed by atoms with E-state index < -0.39 is 0 Å². The number of para-hydroxylation sites is 3. The number of rotatable bonds is 7. The fraction of sp³-hybridized carbons (Fsp3) is 0.217. The van der Waals surface area contributed by atoms with E-state index in [0.717, 1.165) is 56.5 Å². The highest BCUT2D eigenvalue weighted by Crippen LogP contribution is 2.48. The molecule has 0 amide bonds. The topological polar surface area (TPSA) is 33.5 Å². The lowest BCUT2D eigenvalue weighted by Crippen LogP contribution is -2.24. The van der Waals surface area contributed by atoms with Gasteiger partial charge in [0.1, 0.15) is 24.0 Å². The molecule has 0 radical (unpaired) electrons. The lowest BCUT2D eigenvalue weighted by molar-refractivity contribution is 0.479. The maximum Gasteiger partial charge on any atom is 0.137 e. The first-order valence-corrected chi connectivity index (χ1v) is 22.9. The molecule has 7 aromatic carbocycles. The van der Waals surface area contributed by atoms with Crippen molar-refractivity contribution >= 4 is 44.6 Å². The van der Waals surface area contributed by atoms with Crippen LogP contribution in [0.15, 0.2) is 176 Å². The van der Waals surface area contributed by atoms with Crippen molar-refractivity contribution in [3.63, 3.8) is 0 Å². The van der Waals surface area contributed by atoms with E-state index in [4.69, 9.17) is 9.72 Å². The van der Waals surface area contributed by atoms with Crippen molar-refractivity contribution in [2.45, 2.75) is 78.6 Å². The van der Waals surface area contributed by atoms with Crippen molar-refractivity contribution in [3.05, 3.63) is 193 Å². The first-order valence-electron chi connectivity index (χ1n) is 22.9. The van der Waals surface area contributed by atoms with Crippen molar-refractivity contribution in [2.24, 2.45) is 0 Å². The Morgan fingerprint density at radius 1 is 0.415 bits per heavy atom. The van der Waals surface area contributed by atoms with Gasteiger partial charge in [-0.25, -0.2) is 4.98 Å². The van der Waals surface area contributed by atoms with E-state index in [1.54, 1.807) is 0 Å². The van der Waals surface area contributed by atoms with Crippen LogP contribution in [0.1, 0.15) is 79.0 Å². The van der Waals surface area contributed by atoms with Crippen LogP contribution in [0.25, 0.3) is 49.9 Å². The average Bonchev–Trinajstić information content (AvgIpc) is 3.85. The van der Waals surface area contributed by atoms with Crippen LogP contribution in [-0.4, -0.2) is 16.2 Å². The third kappa shape index (κ3) is 8.05. The number of nitrogens with zero attached hydrogens (tertiary/aromatic N) is 4. The van der Waals surface area contributed by atoms with Crippen LogP contribution in [0.4, 0.5) is 22.7 Å². The largest absolute Gasteiger partial charge is 0.457 e. The number of fused-ring (bicyclic) bond motifs is 4. The van der Waals surface area contributed by atoms with Crippen LogP contribution in [0, 0.1) is 0 Å². The molecule has 0 N–H and O–H groups in total. The van der Waals surface area contributed by atoms with Gasteiger partial charge >= 0.3 is 0 Å². The Bertz CT molecular complexity index is 3210. The normalized spacial score (nSPS) is 13.2. The molecule has 0 unspecified atom stereocenters. The van der Waals surface area contributed by atoms with Crippen LogP contribution in [0.3, 0.4) is 0 Å². The lowest BCUT2D eigenvalue weighted by atomic mass is 9.86. The minimum atomic E-state index is -0.130. The number of anilines is 4. The summed E-state index contributed by atoms with van der Waals surface area (Å²) in [7, 11) is 0. The zero-order valence-electron chi connectivity index (χ0n) is 39.1. The summed E-state index contributed by atoms with van der Waals surface area (Å²) in [5.74, 6) is 2.47. The minimum Gasteiger partial charge on any atom is -0.457 e. The zero-order valence-corrected chi connectivity index (χ0v) is 39.1. The summed E-state index contributed by atoms with van der Waals surface area (Å²) >= 11 is 0. The monoisotopic (exact) mass is 850 g/mol. The van der Waals surface area contributed by atoms with E-state index in [-0.39, 0.29) is 16.2 Å². The molecule has 0 fully saturated rings. The molecule has 5 heteroatoms. The number of hydrogen-bond acceptors (Lipinski definition) is 4. The summed E-state index contributed by atoms with van der Waals surface area (Å²) in [5.41, 5.74) is 15.2. The van der Waals surface area contributed by atoms with Gasteiger partial charge in [-0.3, -0.25) is 4.57 Å². The summed E-state index contributed by atoms with van der Waals surface area (Å²) in [4.78, 5) is 9.80. The smallest absolute Gasteiger partial charge is 0.137 e. The van der Waals surface area contributed by atoms with Gasteiger partial charge in [-0.2, -0.15) is 0 Å². The van der Waals surface area contributed by atoms with Crippen LogP contribution in [0.5, 0.6) is 11.5 Å². The van der Waals surface area contributed by atoms with E-state index >= 15 is 0 Å². The van der Waals surface area contributed by atoms with E-state index in [0.29, 0.717) is 6.67 Å². The Morgan fingerprint density at radius 3 is 1.66 bits per heavy atom. The molecule has 0 bridgehead atoms. The van der Waals surface area contributed by atoms with E-state index in [1.807, 2.05) is 6.20 Å². The molecule has 0 saturated carbocycles. The van der Waals surface area contributed by atoms with Crippen molar-refractivity contribution in [3.8, 4) is 39.6 Å². The molecule has 5 nitrogen and oxygen atoms in total. The maximum absolute atomic E-state index is 6.97. The Balaban J connectivity index is 1.05. The van der Waals surface area contributed by atoms with E-state index in [1.165, 1.54) is 44.3 Å². The Kier molecular flexibility index (Phi) is 10.2. The van der Waals surface area contributed by atoms with Crippen molar-refractivity contribution < 1.29 is 4.74 Å². The summed E-state index contributed by atoms with van der Waals surface area (Å²) in [6.07, 6.45) is 1.93. The van der Waals surface area contributed by atoms with Crippen molar-refractivity contribution in [2.75, 3.05) is 16.5 Å². The van der Waals surface area contributed by atoms with E-state index in [9.17, 15) is 0 Å². The second-order valence-electron chi connectivity index (χ2n) is 20.7. The molecule has 0 atom stereocenters. The maximum atomic E-state index is 6.97. The molecule has 324 valence electrons. The highest BCUT2D eigenvalue weighted by molar-refractivity contribution is 6.09. The van der Waals surface area contributed by atoms with Crippen LogP contribution >= 0.6 is 0 Å². The van der Waals surface area contributed by atoms with Crippen LogP contribution in [-0.2, 0) is 16.2 Å². The number of aromatic nitrogens is 2. The summed E-state index contributed by atoms with van der Waals surface area (Å²) in [6.45, 7) is 21.0. The van der Waals surface area contributed by atoms with Gasteiger partial charge in [0.05, 0.1) is 22.4 Å². The first kappa shape index (κ1) is 41.9. The number of pyridine rings is 1. The van der Waals surface area contributed by atoms with Crippen molar-refractivity contribution in [1.29, 1.82) is 0 Å². The highest BCUT2D eigenvalue weighted by atomic mass is 16.5. The third-order valence-corrected chi connectivity index (χ3v) is 13.0. The molecule has 0 spiro atoms. The molecule has 9 aromatic rings. The molecule has 65 heavy (non-hydrogen) atoms. The van der Waals surface area contributed by atoms with E-state index in [2.05, 4.69) is 247 Å². The SMILES string of the molecule is CC(C)(C)c1ccc(-c2cc(-c3ccccc3)cc(N3CN(c4cc(Oc5ccc6c7ccccc7n(-c7cc(C(C)(C)C)ccn7)c6c5)cc(C(C)(C)C)c4)c4ccccc43)c2)cc1. The quantitative estimate of drug-likeness (QED) is 0.160. The van der Waals surface area contributed by atoms with Gasteiger partial charge in [0.2, 0.25) is 0 Å². The molecule has 1 aliphatic rings. The molecule has 10 rings (SSSR count). The Morgan fingerprint density at radius 2 is 1.00 bits per heavy atom. The van der Waals surface area contributed by atoms with Gasteiger partial charge in [0, 0.05) is 40.5 Å². The molecular formula is C60H58N4O. The van der Waals surface area contributed by atoms with Crippen molar-refractivity contribution in [1.82, 2.24) is 9.55 Å². The van der Waals surface area contributed by atoms with Gasteiger partial charge in [0.15, 0.2) is 0 Å².